The second-order valence-corrected chi connectivity index (χ2v) is 5.96. The van der Waals surface area contributed by atoms with Gasteiger partial charge in [-0.15, -0.1) is 0 Å². The fourth-order valence-electron chi connectivity index (χ4n) is 3.33. The average molecular weight is 244 g/mol. The van der Waals surface area contributed by atoms with Crippen molar-refractivity contribution in [1.29, 1.82) is 0 Å². The number of rotatable bonds is 4. The molecule has 0 unspecified atom stereocenters. The average Bonchev–Trinajstić information content (AvgIpc) is 3.21. The van der Waals surface area contributed by atoms with E-state index in [1.165, 1.54) is 38.8 Å². The van der Waals surface area contributed by atoms with E-state index in [1.54, 1.807) is 11.1 Å². The van der Waals surface area contributed by atoms with Crippen molar-refractivity contribution in [2.24, 2.45) is 0 Å². The van der Waals surface area contributed by atoms with Gasteiger partial charge in [-0.05, 0) is 62.9 Å². The molecule has 2 nitrogen and oxygen atoms in total. The minimum atomic E-state index is 0.456. The van der Waals surface area contributed by atoms with E-state index in [9.17, 15) is 0 Å². The lowest BCUT2D eigenvalue weighted by atomic mass is 9.86. The van der Waals surface area contributed by atoms with Crippen LogP contribution in [-0.2, 0) is 5.41 Å². The van der Waals surface area contributed by atoms with Gasteiger partial charge in [0.2, 0.25) is 0 Å². The van der Waals surface area contributed by atoms with Crippen LogP contribution < -0.4 is 10.6 Å². The molecule has 0 aromatic heterocycles. The third kappa shape index (κ3) is 2.32. The predicted octanol–water partition coefficient (Wildman–Crippen LogP) is 2.40. The Kier molecular flexibility index (Phi) is 3.40. The normalized spacial score (nSPS) is 22.9. The smallest absolute Gasteiger partial charge is 0.00784 e. The van der Waals surface area contributed by atoms with Gasteiger partial charge in [0.05, 0.1) is 0 Å². The first kappa shape index (κ1) is 12.2. The lowest BCUT2D eigenvalue weighted by Crippen LogP contribution is -2.27. The summed E-state index contributed by atoms with van der Waals surface area (Å²) in [5.74, 6) is 0.775. The Morgan fingerprint density at radius 2 is 2.06 bits per heavy atom. The van der Waals surface area contributed by atoms with Gasteiger partial charge >= 0.3 is 0 Å². The van der Waals surface area contributed by atoms with Crippen LogP contribution in [0.4, 0.5) is 0 Å². The molecule has 1 aromatic rings. The zero-order chi connectivity index (χ0) is 12.4. The molecule has 1 aromatic carbocycles. The molecule has 1 saturated heterocycles. The quantitative estimate of drug-likeness (QED) is 0.850. The molecule has 1 aliphatic carbocycles. The predicted molar refractivity (Wildman–Crippen MR) is 76.1 cm³/mol. The summed E-state index contributed by atoms with van der Waals surface area (Å²) in [6, 6.07) is 9.41. The molecule has 0 radical (unpaired) electrons. The van der Waals surface area contributed by atoms with E-state index in [0.29, 0.717) is 5.41 Å². The topological polar surface area (TPSA) is 24.1 Å². The maximum absolute atomic E-state index is 3.45. The molecule has 0 amide bonds. The van der Waals surface area contributed by atoms with E-state index in [1.807, 2.05) is 0 Å². The molecule has 0 spiro atoms. The van der Waals surface area contributed by atoms with Crippen molar-refractivity contribution in [3.8, 4) is 0 Å². The lowest BCUT2D eigenvalue weighted by molar-refractivity contribution is 0.460. The number of piperidine rings is 1. The van der Waals surface area contributed by atoms with E-state index in [2.05, 4.69) is 41.9 Å². The highest BCUT2D eigenvalue weighted by molar-refractivity contribution is 5.36. The summed E-state index contributed by atoms with van der Waals surface area (Å²) in [7, 11) is 2.07. The third-order valence-electron chi connectivity index (χ3n) is 4.68. The van der Waals surface area contributed by atoms with E-state index < -0.39 is 0 Å². The summed E-state index contributed by atoms with van der Waals surface area (Å²) in [6.45, 7) is 3.48. The molecule has 2 fully saturated rings. The van der Waals surface area contributed by atoms with Gasteiger partial charge in [0.1, 0.15) is 0 Å². The summed E-state index contributed by atoms with van der Waals surface area (Å²) >= 11 is 0. The van der Waals surface area contributed by atoms with Gasteiger partial charge in [-0.3, -0.25) is 0 Å². The lowest BCUT2D eigenvalue weighted by Gasteiger charge is -2.24. The Balaban J connectivity index is 1.80. The molecule has 3 rings (SSSR count). The highest BCUT2D eigenvalue weighted by Gasteiger charge is 2.43. The summed E-state index contributed by atoms with van der Waals surface area (Å²) in [6.07, 6.45) is 5.29. The monoisotopic (exact) mass is 244 g/mol. The van der Waals surface area contributed by atoms with Crippen molar-refractivity contribution < 1.29 is 0 Å². The first-order valence-corrected chi connectivity index (χ1v) is 7.30. The van der Waals surface area contributed by atoms with E-state index >= 15 is 0 Å². The van der Waals surface area contributed by atoms with E-state index in [4.69, 9.17) is 0 Å². The summed E-state index contributed by atoms with van der Waals surface area (Å²) < 4.78 is 0. The SMILES string of the molecule is CNCC1(c2cccc(C3CCNCC3)c2)CC1. The van der Waals surface area contributed by atoms with Gasteiger partial charge in [0.25, 0.3) is 0 Å². The molecule has 98 valence electrons. The van der Waals surface area contributed by atoms with E-state index in [0.717, 1.165) is 12.5 Å². The zero-order valence-corrected chi connectivity index (χ0v) is 11.3. The Hall–Kier alpha value is -0.860. The van der Waals surface area contributed by atoms with Crippen molar-refractivity contribution in [1.82, 2.24) is 10.6 Å². The number of likely N-dealkylation sites (N-methyl/N-ethyl adjacent to an activating group) is 1. The summed E-state index contributed by atoms with van der Waals surface area (Å²) in [5, 5.41) is 6.81. The van der Waals surface area contributed by atoms with Crippen molar-refractivity contribution >= 4 is 0 Å². The molecule has 2 heteroatoms. The minimum Gasteiger partial charge on any atom is -0.319 e. The minimum absolute atomic E-state index is 0.456. The molecular weight excluding hydrogens is 220 g/mol. The van der Waals surface area contributed by atoms with Crippen LogP contribution in [0.25, 0.3) is 0 Å². The Morgan fingerprint density at radius 1 is 1.28 bits per heavy atom. The highest BCUT2D eigenvalue weighted by Crippen LogP contribution is 2.48. The van der Waals surface area contributed by atoms with Gasteiger partial charge in [-0.1, -0.05) is 24.3 Å². The van der Waals surface area contributed by atoms with Crippen LogP contribution in [-0.4, -0.2) is 26.7 Å². The molecule has 1 aliphatic heterocycles. The van der Waals surface area contributed by atoms with Crippen LogP contribution in [0.2, 0.25) is 0 Å². The molecular formula is C16H24N2. The number of hydrogen-bond donors (Lipinski definition) is 2. The standard InChI is InChI=1S/C16H24N2/c1-17-12-16(7-8-16)15-4-2-3-14(11-15)13-5-9-18-10-6-13/h2-4,11,13,17-18H,5-10,12H2,1H3. The Labute approximate surface area is 110 Å². The van der Waals surface area contributed by atoms with E-state index in [-0.39, 0.29) is 0 Å². The largest absolute Gasteiger partial charge is 0.319 e. The fourth-order valence-corrected chi connectivity index (χ4v) is 3.33. The van der Waals surface area contributed by atoms with Gasteiger partial charge < -0.3 is 10.6 Å². The number of nitrogens with one attached hydrogen (secondary N) is 2. The van der Waals surface area contributed by atoms with Crippen molar-refractivity contribution in [2.75, 3.05) is 26.7 Å². The third-order valence-corrected chi connectivity index (χ3v) is 4.68. The second-order valence-electron chi connectivity index (χ2n) is 5.96. The van der Waals surface area contributed by atoms with Crippen LogP contribution in [0.1, 0.15) is 42.7 Å². The Bertz CT molecular complexity index is 403. The molecule has 0 bridgehead atoms. The summed E-state index contributed by atoms with van der Waals surface area (Å²) in [5.41, 5.74) is 3.58. The molecule has 2 aliphatic rings. The molecule has 1 heterocycles. The van der Waals surface area contributed by atoms with Crippen LogP contribution in [0.5, 0.6) is 0 Å². The number of benzene rings is 1. The Morgan fingerprint density at radius 3 is 2.72 bits per heavy atom. The van der Waals surface area contributed by atoms with Gasteiger partial charge in [-0.25, -0.2) is 0 Å². The van der Waals surface area contributed by atoms with Gasteiger partial charge in [0, 0.05) is 12.0 Å². The molecule has 2 N–H and O–H groups in total. The van der Waals surface area contributed by atoms with Crippen LogP contribution in [0, 0.1) is 0 Å². The van der Waals surface area contributed by atoms with Crippen molar-refractivity contribution in [3.05, 3.63) is 35.4 Å². The molecule has 1 saturated carbocycles. The highest BCUT2D eigenvalue weighted by atomic mass is 14.9. The molecule has 18 heavy (non-hydrogen) atoms. The first-order valence-electron chi connectivity index (χ1n) is 7.30. The van der Waals surface area contributed by atoms with Crippen molar-refractivity contribution in [2.45, 2.75) is 37.0 Å². The van der Waals surface area contributed by atoms with Crippen molar-refractivity contribution in [3.63, 3.8) is 0 Å². The zero-order valence-electron chi connectivity index (χ0n) is 11.3. The second kappa shape index (κ2) is 5.02. The molecule has 0 atom stereocenters. The maximum atomic E-state index is 3.45. The van der Waals surface area contributed by atoms with Crippen LogP contribution in [0.15, 0.2) is 24.3 Å². The first-order chi connectivity index (χ1) is 8.84. The van der Waals surface area contributed by atoms with Crippen LogP contribution in [0.3, 0.4) is 0 Å². The maximum Gasteiger partial charge on any atom is 0.00784 e. The van der Waals surface area contributed by atoms with Crippen LogP contribution >= 0.6 is 0 Å². The van der Waals surface area contributed by atoms with Gasteiger partial charge in [-0.2, -0.15) is 0 Å². The van der Waals surface area contributed by atoms with Gasteiger partial charge in [0.15, 0.2) is 0 Å². The fraction of sp³-hybridized carbons (Fsp3) is 0.625. The summed E-state index contributed by atoms with van der Waals surface area (Å²) in [4.78, 5) is 0. The number of hydrogen-bond acceptors (Lipinski definition) is 2.